The zero-order valence-corrected chi connectivity index (χ0v) is 182. The van der Waals surface area contributed by atoms with Crippen LogP contribution in [0.4, 0.5) is 0 Å². The minimum atomic E-state index is 0. The first kappa shape index (κ1) is 409. The van der Waals surface area contributed by atoms with Gasteiger partial charge in [0.05, 0.1) is 0 Å². The van der Waals surface area contributed by atoms with Crippen LogP contribution in [0.5, 0.6) is 0 Å². The predicted octanol–water partition coefficient (Wildman–Crippen LogP) is 0.318. The van der Waals surface area contributed by atoms with Crippen LogP contribution >= 0.6 is 0 Å². The molecule has 0 bridgehead atoms. The van der Waals surface area contributed by atoms with Crippen LogP contribution in [0.25, 0.3) is 0 Å². The smallest absolute Gasteiger partial charge is 0 e. The van der Waals surface area contributed by atoms with E-state index in [4.69, 9.17) is 0 Å². The van der Waals surface area contributed by atoms with Crippen LogP contribution in [0.15, 0.2) is 0 Å². The van der Waals surface area contributed by atoms with E-state index >= 15 is 0 Å². The predicted molar refractivity (Wildman–Crippen MR) is 6.41 cm³/mol. The van der Waals surface area contributed by atoms with Crippen molar-refractivity contribution in [3.63, 3.8) is 0 Å². The molecule has 167 valence electrons. The molecule has 0 amide bonds. The van der Waals surface area contributed by atoms with Gasteiger partial charge in [0.1, 0.15) is 0 Å². The van der Waals surface area contributed by atoms with Gasteiger partial charge in [-0.15, -0.1) is 0 Å². The van der Waals surface area contributed by atoms with Crippen LogP contribution in [0.3, 0.4) is 0 Å². The molecular weight excluding hydrogens is 4720 g/mol. The van der Waals surface area contributed by atoms with Gasteiger partial charge in [0.2, 0.25) is 0 Å². The molecule has 0 aliphatic heterocycles. The Morgan fingerprint density at radius 3 is 0.0370 bits per heavy atom. The number of hydrogen-bond donors (Lipinski definition) is 0. The molecule has 0 aromatic heterocycles. The Kier molecular flexibility index (Phi) is 3010. The van der Waals surface area contributed by atoms with Crippen molar-refractivity contribution in [1.82, 2.24) is 0 Å². The third-order valence-electron chi connectivity index (χ3n) is 0. The summed E-state index contributed by atoms with van der Waals surface area (Å²) in [5.41, 5.74) is 0. The standard InChI is InChI=1S/CH3.53Y/h1H3;;;;;;;;;;;;;;;;;;;;;;;;;;;;;;;;;;;;;;;;;;;;;;;;;;;;;/q-1;;;;;;;;;;;;;;;;;;;;;;;;;;;;;;;;;;;;;;;;;;;;;;;;;;;;;. The van der Waals surface area contributed by atoms with Gasteiger partial charge in [-0.1, -0.05) is 0 Å². The molecule has 0 saturated carbocycles. The topological polar surface area (TPSA) is 0 Å². The molecule has 53 heteroatoms. The van der Waals surface area contributed by atoms with Crippen molar-refractivity contribution < 1.29 is 1730 Å². The van der Waals surface area contributed by atoms with E-state index in [0.29, 0.717) is 0 Å². The van der Waals surface area contributed by atoms with Crippen molar-refractivity contribution in [2.75, 3.05) is 0 Å². The second kappa shape index (κ2) is 398. The Hall–Kier alpha value is 58.5. The van der Waals surface area contributed by atoms with Gasteiger partial charge in [0.25, 0.3) is 0 Å². The fraction of sp³-hybridized carbons (Fsp3) is 0. The summed E-state index contributed by atoms with van der Waals surface area (Å²) in [6.45, 7) is 0. The van der Waals surface area contributed by atoms with Crippen LogP contribution in [-0.4, -0.2) is 0 Å². The number of hydrogen-bond acceptors (Lipinski definition) is 0. The molecule has 0 rings (SSSR count). The molecule has 0 aromatic rings. The molecule has 0 N–H and O–H groups in total. The Morgan fingerprint density at radius 1 is 0.0370 bits per heavy atom. The molecule has 0 unspecified atom stereocenters. The summed E-state index contributed by atoms with van der Waals surface area (Å²) in [5, 5.41) is 0. The normalized spacial score (nSPS) is 0. The summed E-state index contributed by atoms with van der Waals surface area (Å²) in [6.07, 6.45) is 0. The van der Waals surface area contributed by atoms with Crippen molar-refractivity contribution in [3.05, 3.63) is 7.43 Å². The summed E-state index contributed by atoms with van der Waals surface area (Å²) < 4.78 is 0. The zero-order valence-electron chi connectivity index (χ0n) is 31.6. The minimum Gasteiger partial charge on any atom is -0.358 e. The van der Waals surface area contributed by atoms with Gasteiger partial charge in [-0.25, -0.2) is 0 Å². The van der Waals surface area contributed by atoms with Crippen molar-refractivity contribution in [2.24, 2.45) is 0 Å². The maximum absolute atomic E-state index is 0. The van der Waals surface area contributed by atoms with Crippen LogP contribution in [0, 0.1) is 7.43 Å². The zero-order chi connectivity index (χ0) is 0. The van der Waals surface area contributed by atoms with Crippen molar-refractivity contribution in [2.45, 2.75) is 0 Å². The first-order valence-electron chi connectivity index (χ1n) is 0. The molecule has 0 heterocycles. The molecule has 0 nitrogen and oxygen atoms in total. The fourth-order valence-corrected chi connectivity index (χ4v) is 0. The number of rotatable bonds is 0. The first-order valence-corrected chi connectivity index (χ1v) is 0. The van der Waals surface area contributed by atoms with E-state index in [1.807, 2.05) is 0 Å². The SMILES string of the molecule is [CH3-].[Y].[Y].[Y].[Y].[Y].[Y].[Y].[Y].[Y].[Y].[Y].[Y].[Y].[Y].[Y].[Y].[Y].[Y].[Y].[Y].[Y].[Y].[Y].[Y].[Y].[Y].[Y].[Y].[Y].[Y].[Y].[Y].[Y].[Y].[Y].[Y].[Y].[Y].[Y].[Y].[Y].[Y].[Y].[Y].[Y].[Y].[Y].[Y].[Y].[Y].[Y].[Y].[Y]. The molecule has 0 saturated heterocycles. The maximum Gasteiger partial charge on any atom is 0 e. The van der Waals surface area contributed by atoms with E-state index in [2.05, 4.69) is 0 Å². The van der Waals surface area contributed by atoms with Gasteiger partial charge in [-0.3, -0.25) is 0 Å². The van der Waals surface area contributed by atoms with Gasteiger partial charge >= 0.3 is 0 Å². The van der Waals surface area contributed by atoms with E-state index in [-0.39, 0.29) is 1740 Å². The molecular formula is CH3Y53-. The van der Waals surface area contributed by atoms with E-state index in [0.717, 1.165) is 0 Å². The molecule has 0 atom stereocenters. The molecule has 0 aliphatic carbocycles. The second-order valence-electron chi connectivity index (χ2n) is 0. The Balaban J connectivity index is 0. The minimum absolute atomic E-state index is 0. The average molecular weight is 4730 g/mol. The van der Waals surface area contributed by atoms with Gasteiger partial charge in [-0.2, -0.15) is 0 Å². The summed E-state index contributed by atoms with van der Waals surface area (Å²) in [7, 11) is 0. The second-order valence-corrected chi connectivity index (χ2v) is 0. The molecule has 53 radical (unpaired) electrons. The monoisotopic (exact) mass is 4730 g/mol. The summed E-state index contributed by atoms with van der Waals surface area (Å²) in [5.74, 6) is 0. The Bertz CT molecular complexity index is 7.18. The molecule has 0 aromatic carbocycles. The van der Waals surface area contributed by atoms with Crippen LogP contribution in [0.2, 0.25) is 0 Å². The van der Waals surface area contributed by atoms with E-state index in [1.165, 1.54) is 0 Å². The molecule has 0 aliphatic rings. The first-order chi connectivity index (χ1) is 0. The van der Waals surface area contributed by atoms with Gasteiger partial charge in [0.15, 0.2) is 0 Å². The van der Waals surface area contributed by atoms with Gasteiger partial charge in [0, 0.05) is 1730 Å². The van der Waals surface area contributed by atoms with Crippen molar-refractivity contribution in [3.8, 4) is 0 Å². The molecule has 0 spiro atoms. The summed E-state index contributed by atoms with van der Waals surface area (Å²) >= 11 is 0. The molecule has 54 heavy (non-hydrogen) atoms. The van der Waals surface area contributed by atoms with Gasteiger partial charge in [-0.05, 0) is 0 Å². The fourth-order valence-electron chi connectivity index (χ4n) is 0. The Labute approximate surface area is 1670 Å². The summed E-state index contributed by atoms with van der Waals surface area (Å²) in [6, 6.07) is 0. The Morgan fingerprint density at radius 2 is 0.0370 bits per heavy atom. The summed E-state index contributed by atoms with van der Waals surface area (Å²) in [4.78, 5) is 0. The third-order valence-corrected chi connectivity index (χ3v) is 0. The van der Waals surface area contributed by atoms with Crippen LogP contribution in [0.1, 0.15) is 0 Å². The van der Waals surface area contributed by atoms with E-state index < -0.39 is 0 Å². The maximum atomic E-state index is 0. The van der Waals surface area contributed by atoms with Crippen molar-refractivity contribution in [1.29, 1.82) is 0 Å². The third kappa shape index (κ3) is 387. The largest absolute Gasteiger partial charge is 0.358 e. The van der Waals surface area contributed by atoms with Crippen molar-refractivity contribution >= 4 is 0 Å². The van der Waals surface area contributed by atoms with E-state index in [1.54, 1.807) is 0 Å². The quantitative estimate of drug-likeness (QED) is 0.308. The van der Waals surface area contributed by atoms with E-state index in [9.17, 15) is 0 Å². The van der Waals surface area contributed by atoms with Crippen LogP contribution in [-0.2, 0) is 1730 Å². The molecule has 0 fully saturated rings. The van der Waals surface area contributed by atoms with Gasteiger partial charge < -0.3 is 7.43 Å². The van der Waals surface area contributed by atoms with Crippen LogP contribution < -0.4 is 0 Å². The average Bonchev–Trinajstić information content (AvgIpc) is 0.